The summed E-state index contributed by atoms with van der Waals surface area (Å²) >= 11 is 0. The molecule has 2 saturated heterocycles. The van der Waals surface area contributed by atoms with Gasteiger partial charge in [-0.2, -0.15) is 0 Å². The van der Waals surface area contributed by atoms with Crippen molar-refractivity contribution in [2.45, 2.75) is 57.5 Å². The van der Waals surface area contributed by atoms with Crippen LogP contribution in [0, 0.1) is 24.4 Å². The average molecular weight is 538 g/mol. The van der Waals surface area contributed by atoms with E-state index in [1.165, 1.54) is 11.1 Å². The third-order valence-electron chi connectivity index (χ3n) is 7.72. The van der Waals surface area contributed by atoms with Gasteiger partial charge < -0.3 is 15.4 Å². The molecule has 3 aromatic rings. The Morgan fingerprint density at radius 1 is 0.974 bits per heavy atom. The molecule has 2 N–H and O–H groups in total. The van der Waals surface area contributed by atoms with Crippen LogP contribution in [0.15, 0.2) is 54.6 Å². The number of nitrogens with zero attached hydrogens (tertiary/aromatic N) is 1. The van der Waals surface area contributed by atoms with Crippen LogP contribution in [0.2, 0.25) is 0 Å². The smallest absolute Gasteiger partial charge is 0.225 e. The Labute approximate surface area is 227 Å². The van der Waals surface area contributed by atoms with Crippen molar-refractivity contribution in [2.24, 2.45) is 0 Å². The second-order valence-electron chi connectivity index (χ2n) is 10.6. The van der Waals surface area contributed by atoms with Gasteiger partial charge in [-0.15, -0.1) is 0 Å². The van der Waals surface area contributed by atoms with Gasteiger partial charge in [0.2, 0.25) is 5.91 Å². The number of likely N-dealkylation sites (tertiary alicyclic amines) is 1. The monoisotopic (exact) mass is 537 g/mol. The van der Waals surface area contributed by atoms with Crippen LogP contribution >= 0.6 is 0 Å². The molecule has 0 bridgehead atoms. The molecule has 206 valence electrons. The highest BCUT2D eigenvalue weighted by atomic mass is 19.2. The molecule has 5 nitrogen and oxygen atoms in total. The first-order chi connectivity index (χ1) is 18.8. The molecule has 5 rings (SSSR count). The molecule has 39 heavy (non-hydrogen) atoms. The highest BCUT2D eigenvalue weighted by Gasteiger charge is 2.23. The minimum absolute atomic E-state index is 0.0606. The molecule has 8 heteroatoms. The molecule has 0 aliphatic carbocycles. The number of rotatable bonds is 8. The van der Waals surface area contributed by atoms with E-state index in [1.54, 1.807) is 12.1 Å². The number of ether oxygens (including phenoxy) is 1. The Morgan fingerprint density at radius 2 is 1.72 bits per heavy atom. The summed E-state index contributed by atoms with van der Waals surface area (Å²) in [6.07, 6.45) is 4.75. The fraction of sp³-hybridized carbons (Fsp3) is 0.387. The topological polar surface area (TPSA) is 53.6 Å². The molecule has 0 radical (unpaired) electrons. The lowest BCUT2D eigenvalue weighted by Crippen LogP contribution is -2.32. The van der Waals surface area contributed by atoms with Gasteiger partial charge in [-0.1, -0.05) is 18.2 Å². The Hall–Kier alpha value is -3.36. The highest BCUT2D eigenvalue weighted by Crippen LogP contribution is 2.33. The number of aryl methyl sites for hydroxylation is 1. The third-order valence-corrected chi connectivity index (χ3v) is 7.72. The molecule has 1 atom stereocenters. The van der Waals surface area contributed by atoms with Crippen molar-refractivity contribution < 1.29 is 22.7 Å². The van der Waals surface area contributed by atoms with Crippen molar-refractivity contribution in [3.05, 3.63) is 88.7 Å². The fourth-order valence-electron chi connectivity index (χ4n) is 5.56. The zero-order valence-electron chi connectivity index (χ0n) is 22.1. The number of carbonyl (C=O) groups is 1. The van der Waals surface area contributed by atoms with E-state index >= 15 is 0 Å². The maximum Gasteiger partial charge on any atom is 0.225 e. The summed E-state index contributed by atoms with van der Waals surface area (Å²) in [6.45, 7) is 5.80. The highest BCUT2D eigenvalue weighted by molar-refractivity contribution is 5.91. The van der Waals surface area contributed by atoms with Crippen molar-refractivity contribution in [3.63, 3.8) is 0 Å². The van der Waals surface area contributed by atoms with Gasteiger partial charge >= 0.3 is 0 Å². The Kier molecular flexibility index (Phi) is 8.53. The summed E-state index contributed by atoms with van der Waals surface area (Å²) in [5, 5.41) is 6.46. The predicted octanol–water partition coefficient (Wildman–Crippen LogP) is 6.66. The zero-order valence-corrected chi connectivity index (χ0v) is 22.1. The number of hydrogen-bond donors (Lipinski definition) is 2. The molecule has 2 heterocycles. The standard InChI is InChI=1S/C31H34F3N3O2/c1-20-4-7-24(36-31(38)16-23-3-2-12-35-23)15-26(20)22-10-13-37(14-11-22)19-21-5-8-25(9-6-21)39-30-18-28(33)27(32)17-29(30)34/h4-9,15,17-18,22-23,35H,2-3,10-14,16,19H2,1H3,(H,36,38)/t23-/m0/s1. The number of nitrogens with one attached hydrogen (secondary N) is 2. The normalized spacial score (nSPS) is 18.3. The van der Waals surface area contributed by atoms with Gasteiger partial charge in [0.25, 0.3) is 0 Å². The molecule has 0 unspecified atom stereocenters. The number of benzene rings is 3. The SMILES string of the molecule is Cc1ccc(NC(=O)C[C@@H]2CCCN2)cc1C1CCN(Cc2ccc(Oc3cc(F)c(F)cc3F)cc2)CC1. The number of halogens is 3. The van der Waals surface area contributed by atoms with Crippen LogP contribution in [0.25, 0.3) is 0 Å². The molecular weight excluding hydrogens is 503 g/mol. The van der Waals surface area contributed by atoms with E-state index in [0.717, 1.165) is 63.1 Å². The number of amides is 1. The summed E-state index contributed by atoms with van der Waals surface area (Å²) in [4.78, 5) is 14.9. The summed E-state index contributed by atoms with van der Waals surface area (Å²) in [7, 11) is 0. The van der Waals surface area contributed by atoms with Crippen molar-refractivity contribution in [1.82, 2.24) is 10.2 Å². The van der Waals surface area contributed by atoms with E-state index in [1.807, 2.05) is 18.2 Å². The molecule has 0 spiro atoms. The maximum atomic E-state index is 13.9. The van der Waals surface area contributed by atoms with Crippen LogP contribution in [0.4, 0.5) is 18.9 Å². The average Bonchev–Trinajstić information content (AvgIpc) is 3.43. The van der Waals surface area contributed by atoms with E-state index < -0.39 is 17.5 Å². The molecule has 0 aromatic heterocycles. The van der Waals surface area contributed by atoms with Gasteiger partial charge in [0.15, 0.2) is 23.2 Å². The van der Waals surface area contributed by atoms with Gasteiger partial charge in [0, 0.05) is 36.8 Å². The number of hydrogen-bond acceptors (Lipinski definition) is 4. The van der Waals surface area contributed by atoms with Crippen molar-refractivity contribution in [1.29, 1.82) is 0 Å². The Balaban J connectivity index is 1.13. The molecule has 2 aliphatic rings. The Morgan fingerprint density at radius 3 is 2.44 bits per heavy atom. The fourth-order valence-corrected chi connectivity index (χ4v) is 5.56. The summed E-state index contributed by atoms with van der Waals surface area (Å²) in [6, 6.07) is 14.9. The second kappa shape index (κ2) is 12.2. The van der Waals surface area contributed by atoms with Crippen LogP contribution in [0.5, 0.6) is 11.5 Å². The summed E-state index contributed by atoms with van der Waals surface area (Å²) < 4.78 is 45.9. The van der Waals surface area contributed by atoms with Crippen LogP contribution < -0.4 is 15.4 Å². The van der Waals surface area contributed by atoms with Gasteiger partial charge in [-0.05, 0) is 99.1 Å². The van der Waals surface area contributed by atoms with Crippen LogP contribution in [0.1, 0.15) is 54.7 Å². The van der Waals surface area contributed by atoms with Gasteiger partial charge in [0.1, 0.15) is 5.75 Å². The largest absolute Gasteiger partial charge is 0.454 e. The number of piperidine rings is 1. The van der Waals surface area contributed by atoms with E-state index in [-0.39, 0.29) is 17.7 Å². The Bertz CT molecular complexity index is 1300. The van der Waals surface area contributed by atoms with Crippen LogP contribution in [0.3, 0.4) is 0 Å². The maximum absolute atomic E-state index is 13.9. The quantitative estimate of drug-likeness (QED) is 0.316. The number of carbonyl (C=O) groups excluding carboxylic acids is 1. The van der Waals surface area contributed by atoms with E-state index in [0.29, 0.717) is 30.2 Å². The zero-order chi connectivity index (χ0) is 27.4. The van der Waals surface area contributed by atoms with Crippen molar-refractivity contribution >= 4 is 11.6 Å². The first-order valence-electron chi connectivity index (χ1n) is 13.6. The third kappa shape index (κ3) is 6.99. The van der Waals surface area contributed by atoms with Crippen molar-refractivity contribution in [3.8, 4) is 11.5 Å². The molecule has 3 aromatic carbocycles. The van der Waals surface area contributed by atoms with Crippen molar-refractivity contribution in [2.75, 3.05) is 25.0 Å². The first-order valence-corrected chi connectivity index (χ1v) is 13.6. The predicted molar refractivity (Wildman–Crippen MR) is 146 cm³/mol. The second-order valence-corrected chi connectivity index (χ2v) is 10.6. The molecule has 0 saturated carbocycles. The minimum Gasteiger partial charge on any atom is -0.454 e. The lowest BCUT2D eigenvalue weighted by Gasteiger charge is -2.33. The van der Waals surface area contributed by atoms with Gasteiger partial charge in [-0.25, -0.2) is 13.2 Å². The number of anilines is 1. The summed E-state index contributed by atoms with van der Waals surface area (Å²) in [5.41, 5.74) is 4.50. The summed E-state index contributed by atoms with van der Waals surface area (Å²) in [5.74, 6) is -2.86. The molecule has 2 aliphatic heterocycles. The minimum atomic E-state index is -1.25. The van der Waals surface area contributed by atoms with Crippen LogP contribution in [-0.2, 0) is 11.3 Å². The van der Waals surface area contributed by atoms with E-state index in [2.05, 4.69) is 34.6 Å². The lowest BCUT2D eigenvalue weighted by atomic mass is 9.86. The van der Waals surface area contributed by atoms with E-state index in [9.17, 15) is 18.0 Å². The van der Waals surface area contributed by atoms with Gasteiger partial charge in [0.05, 0.1) is 0 Å². The molecular formula is C31H34F3N3O2. The van der Waals surface area contributed by atoms with E-state index in [4.69, 9.17) is 4.74 Å². The van der Waals surface area contributed by atoms with Crippen LogP contribution in [-0.4, -0.2) is 36.5 Å². The molecule has 1 amide bonds. The first kappa shape index (κ1) is 27.2. The molecule has 2 fully saturated rings. The van der Waals surface area contributed by atoms with Gasteiger partial charge in [-0.3, -0.25) is 9.69 Å². The lowest BCUT2D eigenvalue weighted by molar-refractivity contribution is -0.116.